The van der Waals surface area contributed by atoms with Crippen LogP contribution in [0.3, 0.4) is 0 Å². The average Bonchev–Trinajstić information content (AvgIpc) is 2.17. The van der Waals surface area contributed by atoms with E-state index in [4.69, 9.17) is 0 Å². The van der Waals surface area contributed by atoms with Gasteiger partial charge in [-0.25, -0.2) is 8.78 Å². The minimum absolute atomic E-state index is 0. The smallest absolute Gasteiger partial charge is 0.126 e. The Balaban J connectivity index is 0.00000128. The third kappa shape index (κ3) is 3.58. The molecule has 1 aromatic rings. The van der Waals surface area contributed by atoms with Gasteiger partial charge in [0.05, 0.1) is 0 Å². The van der Waals surface area contributed by atoms with Gasteiger partial charge < -0.3 is 5.32 Å². The number of hydrogen-bond acceptors (Lipinski definition) is 1. The van der Waals surface area contributed by atoms with E-state index in [1.54, 1.807) is 0 Å². The summed E-state index contributed by atoms with van der Waals surface area (Å²) in [6.07, 6.45) is 3.95. The zero-order chi connectivity index (χ0) is 10.7. The Morgan fingerprint density at radius 1 is 1.12 bits per heavy atom. The molecule has 0 bridgehead atoms. The molecule has 1 aromatic carbocycles. The molecule has 1 aliphatic heterocycles. The topological polar surface area (TPSA) is 12.0 Å². The van der Waals surface area contributed by atoms with Crippen molar-refractivity contribution in [2.45, 2.75) is 12.8 Å². The molecule has 0 aromatic heterocycles. The second kappa shape index (κ2) is 5.97. The monoisotopic (exact) mass is 245 g/mol. The number of halogens is 3. The molecule has 16 heavy (non-hydrogen) atoms. The summed E-state index contributed by atoms with van der Waals surface area (Å²) in [5.74, 6) is -1.05. The molecule has 0 saturated carbocycles. The van der Waals surface area contributed by atoms with Gasteiger partial charge in [0, 0.05) is 12.6 Å². The van der Waals surface area contributed by atoms with E-state index in [2.05, 4.69) is 5.32 Å². The molecule has 1 aliphatic rings. The van der Waals surface area contributed by atoms with Gasteiger partial charge >= 0.3 is 0 Å². The summed E-state index contributed by atoms with van der Waals surface area (Å²) in [5.41, 5.74) is 1.80. The van der Waals surface area contributed by atoms with Crippen LogP contribution in [0.2, 0.25) is 0 Å². The van der Waals surface area contributed by atoms with Crippen molar-refractivity contribution in [1.82, 2.24) is 5.32 Å². The Morgan fingerprint density at radius 2 is 1.81 bits per heavy atom. The molecule has 1 fully saturated rings. The normalized spacial score (nSPS) is 18.2. The Bertz CT molecular complexity index is 362. The maximum absolute atomic E-state index is 12.9. The van der Waals surface area contributed by atoms with Crippen LogP contribution >= 0.6 is 12.4 Å². The van der Waals surface area contributed by atoms with E-state index >= 15 is 0 Å². The molecule has 0 aliphatic carbocycles. The van der Waals surface area contributed by atoms with Gasteiger partial charge in [0.2, 0.25) is 0 Å². The fraction of sp³-hybridized carbons (Fsp3) is 0.333. The van der Waals surface area contributed by atoms with Gasteiger partial charge in [0.1, 0.15) is 11.6 Å². The Labute approximate surface area is 100.0 Å². The molecule has 1 N–H and O–H groups in total. The van der Waals surface area contributed by atoms with Gasteiger partial charge in [-0.1, -0.05) is 11.6 Å². The summed E-state index contributed by atoms with van der Waals surface area (Å²) >= 11 is 0. The van der Waals surface area contributed by atoms with Crippen molar-refractivity contribution in [1.29, 1.82) is 0 Å². The standard InChI is InChI=1S/C12H13F2N.ClH/c13-11-5-10(6-12(14)7-11)4-9-2-1-3-15-8-9;/h4-7,15H,1-3,8H2;1H/b9-4-;. The second-order valence-electron chi connectivity index (χ2n) is 3.79. The average molecular weight is 246 g/mol. The van der Waals surface area contributed by atoms with Crippen molar-refractivity contribution < 1.29 is 8.78 Å². The first-order valence-electron chi connectivity index (χ1n) is 5.10. The van der Waals surface area contributed by atoms with E-state index in [0.29, 0.717) is 5.56 Å². The lowest BCUT2D eigenvalue weighted by Crippen LogP contribution is -2.23. The predicted molar refractivity (Wildman–Crippen MR) is 63.7 cm³/mol. The quantitative estimate of drug-likeness (QED) is 0.802. The Morgan fingerprint density at radius 3 is 2.38 bits per heavy atom. The predicted octanol–water partition coefficient (Wildman–Crippen LogP) is 3.15. The van der Waals surface area contributed by atoms with Crippen LogP contribution < -0.4 is 5.32 Å². The van der Waals surface area contributed by atoms with Crippen LogP contribution in [0.25, 0.3) is 6.08 Å². The highest BCUT2D eigenvalue weighted by Gasteiger charge is 2.05. The summed E-state index contributed by atoms with van der Waals surface area (Å²) in [4.78, 5) is 0. The molecule has 0 radical (unpaired) electrons. The van der Waals surface area contributed by atoms with E-state index in [1.165, 1.54) is 17.7 Å². The highest BCUT2D eigenvalue weighted by Crippen LogP contribution is 2.15. The number of nitrogens with one attached hydrogen (secondary N) is 1. The maximum Gasteiger partial charge on any atom is 0.126 e. The molecule has 0 atom stereocenters. The van der Waals surface area contributed by atoms with E-state index in [1.807, 2.05) is 6.08 Å². The van der Waals surface area contributed by atoms with Gasteiger partial charge in [-0.2, -0.15) is 0 Å². The zero-order valence-electron chi connectivity index (χ0n) is 8.80. The molecule has 1 heterocycles. The molecule has 2 rings (SSSR count). The fourth-order valence-electron chi connectivity index (χ4n) is 1.80. The van der Waals surface area contributed by atoms with Crippen molar-refractivity contribution in [2.24, 2.45) is 0 Å². The number of hydrogen-bond donors (Lipinski definition) is 1. The Kier molecular flexibility index (Phi) is 4.90. The molecular formula is C12H14ClF2N. The number of piperidine rings is 1. The van der Waals surface area contributed by atoms with Gasteiger partial charge in [-0.15, -0.1) is 12.4 Å². The van der Waals surface area contributed by atoms with Crippen LogP contribution in [0.1, 0.15) is 18.4 Å². The lowest BCUT2D eigenvalue weighted by Gasteiger charge is -2.15. The van der Waals surface area contributed by atoms with Crippen LogP contribution in [0.15, 0.2) is 23.8 Å². The van der Waals surface area contributed by atoms with Crippen LogP contribution in [-0.2, 0) is 0 Å². The van der Waals surface area contributed by atoms with Crippen molar-refractivity contribution in [3.63, 3.8) is 0 Å². The van der Waals surface area contributed by atoms with Gasteiger partial charge in [-0.05, 0) is 37.1 Å². The van der Waals surface area contributed by atoms with Crippen LogP contribution in [0.4, 0.5) is 8.78 Å². The third-order valence-electron chi connectivity index (χ3n) is 2.46. The first-order valence-corrected chi connectivity index (χ1v) is 5.10. The van der Waals surface area contributed by atoms with Crippen molar-refractivity contribution in [3.05, 3.63) is 41.0 Å². The van der Waals surface area contributed by atoms with E-state index in [0.717, 1.165) is 32.0 Å². The molecule has 1 saturated heterocycles. The molecule has 0 amide bonds. The van der Waals surface area contributed by atoms with Crippen molar-refractivity contribution >= 4 is 18.5 Å². The van der Waals surface area contributed by atoms with Crippen LogP contribution in [-0.4, -0.2) is 13.1 Å². The molecule has 0 spiro atoms. The highest BCUT2D eigenvalue weighted by atomic mass is 35.5. The summed E-state index contributed by atoms with van der Waals surface area (Å²) < 4.78 is 25.8. The third-order valence-corrected chi connectivity index (χ3v) is 2.46. The molecule has 4 heteroatoms. The van der Waals surface area contributed by atoms with Gasteiger partial charge in [0.15, 0.2) is 0 Å². The molecular weight excluding hydrogens is 232 g/mol. The number of rotatable bonds is 1. The van der Waals surface area contributed by atoms with E-state index < -0.39 is 11.6 Å². The lowest BCUT2D eigenvalue weighted by atomic mass is 10.0. The minimum atomic E-state index is -0.523. The fourth-order valence-corrected chi connectivity index (χ4v) is 1.80. The summed E-state index contributed by atoms with van der Waals surface area (Å²) in [6, 6.07) is 3.59. The lowest BCUT2D eigenvalue weighted by molar-refractivity contribution is 0.582. The first-order chi connectivity index (χ1) is 7.24. The number of benzene rings is 1. The van der Waals surface area contributed by atoms with Crippen LogP contribution in [0.5, 0.6) is 0 Å². The van der Waals surface area contributed by atoms with Crippen molar-refractivity contribution in [2.75, 3.05) is 13.1 Å². The largest absolute Gasteiger partial charge is 0.313 e. The van der Waals surface area contributed by atoms with Crippen molar-refractivity contribution in [3.8, 4) is 0 Å². The van der Waals surface area contributed by atoms with Gasteiger partial charge in [-0.3, -0.25) is 0 Å². The first kappa shape index (κ1) is 13.1. The zero-order valence-corrected chi connectivity index (χ0v) is 9.62. The summed E-state index contributed by atoms with van der Waals surface area (Å²) in [7, 11) is 0. The SMILES string of the molecule is Cl.Fc1cc(F)cc(/C=C2/CCCNC2)c1. The molecule has 1 nitrogen and oxygen atoms in total. The Hall–Kier alpha value is -0.930. The highest BCUT2D eigenvalue weighted by molar-refractivity contribution is 5.85. The maximum atomic E-state index is 12.9. The second-order valence-corrected chi connectivity index (χ2v) is 3.79. The summed E-state index contributed by atoms with van der Waals surface area (Å²) in [5, 5.41) is 3.23. The summed E-state index contributed by atoms with van der Waals surface area (Å²) in [6.45, 7) is 1.84. The molecule has 0 unspecified atom stereocenters. The minimum Gasteiger partial charge on any atom is -0.313 e. The van der Waals surface area contributed by atoms with E-state index in [9.17, 15) is 8.78 Å². The van der Waals surface area contributed by atoms with E-state index in [-0.39, 0.29) is 12.4 Å². The van der Waals surface area contributed by atoms with Gasteiger partial charge in [0.25, 0.3) is 0 Å². The van der Waals surface area contributed by atoms with Crippen LogP contribution in [0, 0.1) is 11.6 Å². The molecule has 88 valence electrons.